The molecule has 0 aromatic heterocycles. The summed E-state index contributed by atoms with van der Waals surface area (Å²) in [4.78, 5) is 0. The smallest absolute Gasteiger partial charge is 0.119 e. The molecule has 0 fully saturated rings. The largest absolute Gasteiger partial charge is 0.494 e. The number of hydrogen-bond acceptors (Lipinski definition) is 2. The summed E-state index contributed by atoms with van der Waals surface area (Å²) in [6, 6.07) is 12.7. The van der Waals surface area contributed by atoms with Crippen LogP contribution >= 0.6 is 15.9 Å². The highest BCUT2D eigenvalue weighted by Gasteiger charge is 2.01. The summed E-state index contributed by atoms with van der Waals surface area (Å²) in [5.74, 6) is 1.94. The minimum absolute atomic E-state index is 0.809. The molecule has 0 aliphatic rings. The molecule has 3 heteroatoms. The molecular formula is C25H37BrO2. The number of rotatable bonds is 16. The second kappa shape index (κ2) is 14.7. The van der Waals surface area contributed by atoms with Crippen molar-refractivity contribution in [1.82, 2.24) is 0 Å². The first-order valence-electron chi connectivity index (χ1n) is 11.2. The van der Waals surface area contributed by atoms with Gasteiger partial charge in [-0.3, -0.25) is 0 Å². The van der Waals surface area contributed by atoms with Gasteiger partial charge in [-0.2, -0.15) is 0 Å². The van der Waals surface area contributed by atoms with E-state index >= 15 is 0 Å². The molecule has 0 aliphatic heterocycles. The molecule has 2 aromatic rings. The minimum atomic E-state index is 0.809. The van der Waals surface area contributed by atoms with Gasteiger partial charge in [-0.1, -0.05) is 86.4 Å². The van der Waals surface area contributed by atoms with E-state index in [-0.39, 0.29) is 0 Å². The Morgan fingerprint density at radius 2 is 1.07 bits per heavy atom. The Balaban J connectivity index is 1.68. The Morgan fingerprint density at radius 1 is 0.607 bits per heavy atom. The van der Waals surface area contributed by atoms with Crippen LogP contribution in [-0.4, -0.2) is 18.5 Å². The summed E-state index contributed by atoms with van der Waals surface area (Å²) < 4.78 is 11.9. The normalized spacial score (nSPS) is 11.1. The Bertz CT molecular complexity index is 656. The van der Waals surface area contributed by atoms with Crippen molar-refractivity contribution in [2.24, 2.45) is 0 Å². The zero-order valence-corrected chi connectivity index (χ0v) is 19.1. The van der Waals surface area contributed by atoms with E-state index in [2.05, 4.69) is 59.3 Å². The molecule has 156 valence electrons. The predicted octanol–water partition coefficient (Wildman–Crippen LogP) is 8.30. The van der Waals surface area contributed by atoms with Crippen LogP contribution in [0.5, 0.6) is 11.5 Å². The average molecular weight is 449 g/mol. The maximum absolute atomic E-state index is 5.94. The summed E-state index contributed by atoms with van der Waals surface area (Å²) in [6.45, 7) is 3.87. The van der Waals surface area contributed by atoms with Gasteiger partial charge < -0.3 is 9.47 Å². The number of hydrogen-bond donors (Lipinski definition) is 0. The summed E-state index contributed by atoms with van der Waals surface area (Å²) in [5.41, 5.74) is 0. The fraction of sp³-hybridized carbons (Fsp3) is 0.600. The van der Waals surface area contributed by atoms with Crippen LogP contribution in [0.4, 0.5) is 0 Å². The summed E-state index contributed by atoms with van der Waals surface area (Å²) in [6.07, 6.45) is 14.0. The third kappa shape index (κ3) is 9.32. The molecule has 2 nitrogen and oxygen atoms in total. The molecule has 2 aromatic carbocycles. The van der Waals surface area contributed by atoms with E-state index in [0.29, 0.717) is 0 Å². The van der Waals surface area contributed by atoms with Crippen LogP contribution in [0, 0.1) is 0 Å². The number of alkyl halides is 1. The fourth-order valence-electron chi connectivity index (χ4n) is 3.37. The number of halogens is 1. The summed E-state index contributed by atoms with van der Waals surface area (Å²) in [5, 5.41) is 3.55. The summed E-state index contributed by atoms with van der Waals surface area (Å²) >= 11 is 3.48. The Labute approximate surface area is 180 Å². The lowest BCUT2D eigenvalue weighted by Gasteiger charge is -2.10. The summed E-state index contributed by atoms with van der Waals surface area (Å²) in [7, 11) is 0. The second-order valence-electron chi connectivity index (χ2n) is 7.59. The SMILES string of the molecule is CCCCCCCOc1ccc2cc(OCCCCCCCCBr)ccc2c1. The van der Waals surface area contributed by atoms with Crippen molar-refractivity contribution in [3.05, 3.63) is 36.4 Å². The number of benzene rings is 2. The number of unbranched alkanes of at least 4 members (excludes halogenated alkanes) is 9. The van der Waals surface area contributed by atoms with Crippen molar-refractivity contribution >= 4 is 26.7 Å². The lowest BCUT2D eigenvalue weighted by Crippen LogP contribution is -1.98. The predicted molar refractivity (Wildman–Crippen MR) is 125 cm³/mol. The van der Waals surface area contributed by atoms with Crippen molar-refractivity contribution in [1.29, 1.82) is 0 Å². The van der Waals surface area contributed by atoms with E-state index < -0.39 is 0 Å². The van der Waals surface area contributed by atoms with Gasteiger partial charge in [0.2, 0.25) is 0 Å². The third-order valence-corrected chi connectivity index (χ3v) is 5.66. The number of ether oxygens (including phenoxy) is 2. The second-order valence-corrected chi connectivity index (χ2v) is 8.39. The molecule has 2 rings (SSSR count). The molecule has 0 heterocycles. The molecule has 0 saturated heterocycles. The van der Waals surface area contributed by atoms with Crippen molar-refractivity contribution in [2.45, 2.75) is 77.6 Å². The molecule has 0 spiro atoms. The van der Waals surface area contributed by atoms with Crippen LogP contribution in [0.1, 0.15) is 77.6 Å². The average Bonchev–Trinajstić information content (AvgIpc) is 2.72. The fourth-order valence-corrected chi connectivity index (χ4v) is 3.77. The highest BCUT2D eigenvalue weighted by molar-refractivity contribution is 9.09. The zero-order chi connectivity index (χ0) is 19.9. The van der Waals surface area contributed by atoms with E-state index in [4.69, 9.17) is 9.47 Å². The monoisotopic (exact) mass is 448 g/mol. The van der Waals surface area contributed by atoms with E-state index in [9.17, 15) is 0 Å². The van der Waals surface area contributed by atoms with Gasteiger partial charge in [-0.05, 0) is 54.3 Å². The van der Waals surface area contributed by atoms with Gasteiger partial charge in [-0.25, -0.2) is 0 Å². The van der Waals surface area contributed by atoms with Crippen LogP contribution < -0.4 is 9.47 Å². The Morgan fingerprint density at radius 3 is 1.57 bits per heavy atom. The van der Waals surface area contributed by atoms with E-state index in [1.54, 1.807) is 0 Å². The van der Waals surface area contributed by atoms with Gasteiger partial charge in [0.05, 0.1) is 13.2 Å². The van der Waals surface area contributed by atoms with E-state index in [1.165, 1.54) is 68.6 Å². The van der Waals surface area contributed by atoms with Crippen LogP contribution in [0.15, 0.2) is 36.4 Å². The third-order valence-electron chi connectivity index (χ3n) is 5.10. The molecule has 28 heavy (non-hydrogen) atoms. The standard InChI is InChI=1S/C25H37BrO2/c1-2-3-4-8-11-18-27-24-15-13-23-21-25(16-14-22(23)20-24)28-19-12-9-6-5-7-10-17-26/h13-16,20-21H,2-12,17-19H2,1H3. The number of fused-ring (bicyclic) bond motifs is 1. The van der Waals surface area contributed by atoms with Crippen LogP contribution in [0.2, 0.25) is 0 Å². The molecule has 0 atom stereocenters. The molecule has 0 N–H and O–H groups in total. The lowest BCUT2D eigenvalue weighted by molar-refractivity contribution is 0.304. The molecular weight excluding hydrogens is 412 g/mol. The zero-order valence-electron chi connectivity index (χ0n) is 17.6. The van der Waals surface area contributed by atoms with Gasteiger partial charge in [0, 0.05) is 5.33 Å². The Kier molecular flexibility index (Phi) is 12.1. The van der Waals surface area contributed by atoms with Gasteiger partial charge >= 0.3 is 0 Å². The quantitative estimate of drug-likeness (QED) is 0.190. The van der Waals surface area contributed by atoms with Crippen LogP contribution in [0.3, 0.4) is 0 Å². The molecule has 0 unspecified atom stereocenters. The first kappa shape index (κ1) is 23.1. The van der Waals surface area contributed by atoms with Gasteiger partial charge in [0.1, 0.15) is 11.5 Å². The first-order chi connectivity index (χ1) is 13.8. The first-order valence-corrected chi connectivity index (χ1v) is 12.3. The lowest BCUT2D eigenvalue weighted by atomic mass is 10.1. The van der Waals surface area contributed by atoms with Crippen molar-refractivity contribution < 1.29 is 9.47 Å². The molecule has 0 radical (unpaired) electrons. The topological polar surface area (TPSA) is 18.5 Å². The van der Waals surface area contributed by atoms with Gasteiger partial charge in [0.25, 0.3) is 0 Å². The minimum Gasteiger partial charge on any atom is -0.494 e. The van der Waals surface area contributed by atoms with Crippen LogP contribution in [0.25, 0.3) is 10.8 Å². The van der Waals surface area contributed by atoms with Gasteiger partial charge in [0.15, 0.2) is 0 Å². The van der Waals surface area contributed by atoms with Crippen molar-refractivity contribution in [3.8, 4) is 11.5 Å². The maximum atomic E-state index is 5.94. The Hall–Kier alpha value is -1.22. The van der Waals surface area contributed by atoms with E-state index in [0.717, 1.165) is 42.9 Å². The molecule has 0 bridgehead atoms. The molecule has 0 aliphatic carbocycles. The van der Waals surface area contributed by atoms with Crippen LogP contribution in [-0.2, 0) is 0 Å². The maximum Gasteiger partial charge on any atom is 0.119 e. The highest BCUT2D eigenvalue weighted by Crippen LogP contribution is 2.25. The molecule has 0 amide bonds. The van der Waals surface area contributed by atoms with Gasteiger partial charge in [-0.15, -0.1) is 0 Å². The van der Waals surface area contributed by atoms with Crippen molar-refractivity contribution in [3.63, 3.8) is 0 Å². The van der Waals surface area contributed by atoms with Crippen molar-refractivity contribution in [2.75, 3.05) is 18.5 Å². The molecule has 0 saturated carbocycles. The highest BCUT2D eigenvalue weighted by atomic mass is 79.9. The van der Waals surface area contributed by atoms with E-state index in [1.807, 2.05) is 0 Å².